The number of rotatable bonds is 3. The second-order valence-electron chi connectivity index (χ2n) is 3.61. The molecule has 0 aromatic carbocycles. The maximum absolute atomic E-state index is 11.8. The molecule has 84 valence electrons. The van der Waals surface area contributed by atoms with Crippen LogP contribution in [0.3, 0.4) is 0 Å². The second-order valence-corrected chi connectivity index (χ2v) is 6.46. The fourth-order valence-corrected chi connectivity index (χ4v) is 1.56. The third-order valence-electron chi connectivity index (χ3n) is 2.03. The van der Waals surface area contributed by atoms with Gasteiger partial charge in [-0.3, -0.25) is 4.79 Å². The smallest absolute Gasteiger partial charge is 0.261 e. The van der Waals surface area contributed by atoms with Gasteiger partial charge in [-0.05, 0) is 0 Å². The van der Waals surface area contributed by atoms with Crippen LogP contribution in [-0.4, -0.2) is 31.6 Å². The summed E-state index contributed by atoms with van der Waals surface area (Å²) in [4.78, 5) is 18.1. The minimum absolute atomic E-state index is 0.0740. The number of carbonyl (C=O) groups is 1. The Morgan fingerprint density at radius 2 is 2.33 bits per heavy atom. The summed E-state index contributed by atoms with van der Waals surface area (Å²) in [6.45, 7) is 3.57. The van der Waals surface area contributed by atoms with Gasteiger partial charge < -0.3 is 4.98 Å². The third-order valence-corrected chi connectivity index (χ3v) is 4.35. The second kappa shape index (κ2) is 4.57. The molecule has 0 bridgehead atoms. The minimum Gasteiger partial charge on any atom is -0.348 e. The lowest BCUT2D eigenvalue weighted by molar-refractivity contribution is -0.117. The van der Waals surface area contributed by atoms with E-state index in [1.807, 2.05) is 0 Å². The molecule has 0 saturated carbocycles. The average molecular weight is 229 g/mol. The summed E-state index contributed by atoms with van der Waals surface area (Å²) in [5.41, 5.74) is 0. The number of nitrogens with one attached hydrogen (secondary N) is 1. The number of hydrogen-bond donors (Lipinski definition) is 1. The number of carbonyl (C=O) groups excluding carboxylic acids is 1. The van der Waals surface area contributed by atoms with Crippen LogP contribution < -0.4 is 0 Å². The number of amides is 1. The molecule has 0 fully saturated rings. The first-order chi connectivity index (χ1) is 6.92. The summed E-state index contributed by atoms with van der Waals surface area (Å²) in [6, 6.07) is 0. The van der Waals surface area contributed by atoms with E-state index in [2.05, 4.69) is 14.3 Å². The molecule has 0 aliphatic rings. The molecule has 15 heavy (non-hydrogen) atoms. The zero-order chi connectivity index (χ0) is 11.5. The lowest BCUT2D eigenvalue weighted by Crippen LogP contribution is -2.14. The Hall–Kier alpha value is -1.17. The quantitative estimate of drug-likeness (QED) is 0.839. The molecule has 0 spiro atoms. The number of H-pyrrole nitrogens is 1. The Kier molecular flexibility index (Phi) is 3.62. The molecule has 1 unspecified atom stereocenters. The molecule has 0 radical (unpaired) electrons. The number of hydrogen-bond acceptors (Lipinski definition) is 3. The fourth-order valence-electron chi connectivity index (χ4n) is 0.878. The first-order valence-corrected chi connectivity index (χ1v) is 6.62. The molecule has 1 aromatic rings. The molecule has 1 N–H and O–H groups in total. The third kappa shape index (κ3) is 3.47. The van der Waals surface area contributed by atoms with Crippen molar-refractivity contribution in [1.29, 1.82) is 0 Å². The summed E-state index contributed by atoms with van der Waals surface area (Å²) in [5, 5.41) is -0.127. The van der Waals surface area contributed by atoms with Gasteiger partial charge in [0.1, 0.15) is 5.82 Å². The molecule has 1 atom stereocenters. The van der Waals surface area contributed by atoms with Crippen LogP contribution in [0.4, 0.5) is 0 Å². The van der Waals surface area contributed by atoms with Gasteiger partial charge in [0, 0.05) is 23.9 Å². The van der Waals surface area contributed by atoms with Gasteiger partial charge in [-0.1, -0.05) is 13.8 Å². The predicted octanol–water partition coefficient (Wildman–Crippen LogP) is 0.985. The van der Waals surface area contributed by atoms with Crippen LogP contribution in [0.5, 0.6) is 0 Å². The molecular formula is C9H15N3O2S. The molecule has 6 heteroatoms. The van der Waals surface area contributed by atoms with Gasteiger partial charge in [-0.15, -0.1) is 0 Å². The highest BCUT2D eigenvalue weighted by Gasteiger charge is 2.11. The van der Waals surface area contributed by atoms with Gasteiger partial charge >= 0.3 is 0 Å². The van der Waals surface area contributed by atoms with E-state index in [9.17, 15) is 9.00 Å². The van der Waals surface area contributed by atoms with Crippen LogP contribution in [0.15, 0.2) is 16.8 Å². The maximum Gasteiger partial charge on any atom is 0.261 e. The number of aromatic amines is 1. The predicted molar refractivity (Wildman–Crippen MR) is 58.9 cm³/mol. The highest BCUT2D eigenvalue weighted by Crippen LogP contribution is 2.03. The Labute approximate surface area is 89.5 Å². The number of imidazole rings is 1. The first kappa shape index (κ1) is 11.9. The van der Waals surface area contributed by atoms with Crippen molar-refractivity contribution in [2.75, 3.05) is 6.26 Å². The molecule has 1 heterocycles. The van der Waals surface area contributed by atoms with Crippen molar-refractivity contribution in [2.24, 2.45) is 4.36 Å². The first-order valence-electron chi connectivity index (χ1n) is 4.64. The Morgan fingerprint density at radius 3 is 2.80 bits per heavy atom. The highest BCUT2D eigenvalue weighted by molar-refractivity contribution is 7.93. The lowest BCUT2D eigenvalue weighted by Gasteiger charge is -2.06. The summed E-state index contributed by atoms with van der Waals surface area (Å²) >= 11 is 0. The topological polar surface area (TPSA) is 75.2 Å². The van der Waals surface area contributed by atoms with Crippen molar-refractivity contribution in [1.82, 2.24) is 9.97 Å². The largest absolute Gasteiger partial charge is 0.348 e. The molecule has 0 aliphatic heterocycles. The highest BCUT2D eigenvalue weighted by atomic mass is 32.2. The Balaban J connectivity index is 2.76. The zero-order valence-electron chi connectivity index (χ0n) is 9.06. The average Bonchev–Trinajstić information content (AvgIpc) is 2.54. The Morgan fingerprint density at radius 1 is 1.67 bits per heavy atom. The van der Waals surface area contributed by atoms with Gasteiger partial charge in [0.15, 0.2) is 0 Å². The molecule has 0 aliphatic carbocycles. The van der Waals surface area contributed by atoms with Crippen LogP contribution >= 0.6 is 0 Å². The van der Waals surface area contributed by atoms with Gasteiger partial charge in [-0.25, -0.2) is 9.19 Å². The van der Waals surface area contributed by atoms with Crippen molar-refractivity contribution in [3.05, 3.63) is 18.2 Å². The van der Waals surface area contributed by atoms with E-state index in [0.717, 1.165) is 0 Å². The standard InChI is InChI=1S/C9H15N3O2S/c1-7(2)15(3,14)12-9(13)6-8-10-4-5-11-8/h4-5,7H,6H2,1-3H3,(H,10,11). The van der Waals surface area contributed by atoms with Crippen LogP contribution in [-0.2, 0) is 20.9 Å². The molecule has 0 saturated heterocycles. The molecule has 5 nitrogen and oxygen atoms in total. The molecule has 1 rings (SSSR count). The van der Waals surface area contributed by atoms with Crippen molar-refractivity contribution < 1.29 is 9.00 Å². The maximum atomic E-state index is 11.8. The summed E-state index contributed by atoms with van der Waals surface area (Å²) < 4.78 is 15.5. The van der Waals surface area contributed by atoms with Crippen LogP contribution in [0, 0.1) is 0 Å². The fraction of sp³-hybridized carbons (Fsp3) is 0.556. The van der Waals surface area contributed by atoms with Gasteiger partial charge in [0.2, 0.25) is 0 Å². The Bertz CT molecular complexity index is 442. The monoisotopic (exact) mass is 229 g/mol. The van der Waals surface area contributed by atoms with E-state index < -0.39 is 15.6 Å². The van der Waals surface area contributed by atoms with Gasteiger partial charge in [-0.2, -0.15) is 4.36 Å². The van der Waals surface area contributed by atoms with Crippen molar-refractivity contribution in [2.45, 2.75) is 25.5 Å². The van der Waals surface area contributed by atoms with E-state index in [-0.39, 0.29) is 11.7 Å². The molecule has 1 amide bonds. The molecule has 1 aromatic heterocycles. The normalized spacial score (nSPS) is 14.9. The SMILES string of the molecule is CC(C)S(C)(=O)=NC(=O)Cc1ncc[nH]1. The zero-order valence-corrected chi connectivity index (χ0v) is 9.87. The van der Waals surface area contributed by atoms with Gasteiger partial charge in [0.05, 0.1) is 16.1 Å². The summed E-state index contributed by atoms with van der Waals surface area (Å²) in [7, 11) is -2.42. The number of aromatic nitrogens is 2. The van der Waals surface area contributed by atoms with E-state index in [4.69, 9.17) is 0 Å². The lowest BCUT2D eigenvalue weighted by atomic mass is 10.4. The van der Waals surface area contributed by atoms with E-state index in [1.54, 1.807) is 26.2 Å². The summed E-state index contributed by atoms with van der Waals surface area (Å²) in [6.07, 6.45) is 4.77. The molecular weight excluding hydrogens is 214 g/mol. The number of nitrogens with zero attached hydrogens (tertiary/aromatic N) is 2. The van der Waals surface area contributed by atoms with Crippen molar-refractivity contribution in [3.8, 4) is 0 Å². The minimum atomic E-state index is -2.42. The van der Waals surface area contributed by atoms with Crippen molar-refractivity contribution in [3.63, 3.8) is 0 Å². The van der Waals surface area contributed by atoms with E-state index >= 15 is 0 Å². The summed E-state index contributed by atoms with van der Waals surface area (Å²) in [5.74, 6) is 0.147. The van der Waals surface area contributed by atoms with Crippen LogP contribution in [0.2, 0.25) is 0 Å². The van der Waals surface area contributed by atoms with Crippen LogP contribution in [0.25, 0.3) is 0 Å². The van der Waals surface area contributed by atoms with Crippen molar-refractivity contribution >= 4 is 15.6 Å². The van der Waals surface area contributed by atoms with Gasteiger partial charge in [0.25, 0.3) is 5.91 Å². The van der Waals surface area contributed by atoms with Crippen LogP contribution in [0.1, 0.15) is 19.7 Å². The van der Waals surface area contributed by atoms with E-state index in [0.29, 0.717) is 5.82 Å². The van der Waals surface area contributed by atoms with E-state index in [1.165, 1.54) is 6.26 Å².